The molecule has 0 saturated heterocycles. The number of amides is 1. The first kappa shape index (κ1) is 19.5. The van der Waals surface area contributed by atoms with Crippen molar-refractivity contribution in [3.63, 3.8) is 0 Å². The first-order valence-corrected chi connectivity index (χ1v) is 9.65. The zero-order valence-corrected chi connectivity index (χ0v) is 16.7. The minimum Gasteiger partial charge on any atom is -0.325 e. The minimum atomic E-state index is -0.389. The lowest BCUT2D eigenvalue weighted by Gasteiger charge is -2.11. The minimum absolute atomic E-state index is 0.153. The lowest BCUT2D eigenvalue weighted by Crippen LogP contribution is -2.28. The van der Waals surface area contributed by atoms with Crippen molar-refractivity contribution in [3.05, 3.63) is 75.8 Å². The van der Waals surface area contributed by atoms with Crippen molar-refractivity contribution in [2.45, 2.75) is 26.9 Å². The van der Waals surface area contributed by atoms with Crippen LogP contribution >= 0.6 is 0 Å². The Balaban J connectivity index is 1.59. The van der Waals surface area contributed by atoms with Gasteiger partial charge in [-0.05, 0) is 36.2 Å². The lowest BCUT2D eigenvalue weighted by atomic mass is 10.2. The molecule has 0 aliphatic heterocycles. The van der Waals surface area contributed by atoms with Gasteiger partial charge in [-0.15, -0.1) is 0 Å². The normalized spacial score (nSPS) is 11.3. The fraction of sp³-hybridized carbons (Fsp3) is 0.227. The monoisotopic (exact) mass is 403 g/mol. The Morgan fingerprint density at radius 2 is 1.60 bits per heavy atom. The zero-order valence-electron chi connectivity index (χ0n) is 16.7. The first-order valence-electron chi connectivity index (χ1n) is 9.65. The van der Waals surface area contributed by atoms with Gasteiger partial charge < -0.3 is 5.32 Å². The number of carbonyl (C=O) groups excluding carboxylic acids is 1. The number of para-hydroxylation sites is 1. The van der Waals surface area contributed by atoms with Gasteiger partial charge in [-0.25, -0.2) is 9.97 Å². The van der Waals surface area contributed by atoms with E-state index in [-0.39, 0.29) is 23.6 Å². The van der Waals surface area contributed by atoms with Crippen molar-refractivity contribution in [2.75, 3.05) is 5.32 Å². The Labute approximate surface area is 171 Å². The molecule has 4 rings (SSSR count). The zero-order chi connectivity index (χ0) is 21.3. The molecule has 0 radical (unpaired) electrons. The van der Waals surface area contributed by atoms with Gasteiger partial charge in [0, 0.05) is 12.2 Å². The van der Waals surface area contributed by atoms with E-state index in [1.165, 1.54) is 10.9 Å². The molecule has 4 aromatic rings. The number of fused-ring (bicyclic) bond motifs is 2. The summed E-state index contributed by atoms with van der Waals surface area (Å²) in [5, 5.41) is 3.63. The van der Waals surface area contributed by atoms with Crippen LogP contribution in [-0.2, 0) is 17.9 Å². The number of nitrogens with one attached hydrogen (secondary N) is 1. The van der Waals surface area contributed by atoms with Gasteiger partial charge in [0.25, 0.3) is 11.1 Å². The predicted octanol–water partition coefficient (Wildman–Crippen LogP) is 2.40. The van der Waals surface area contributed by atoms with E-state index >= 15 is 0 Å². The summed E-state index contributed by atoms with van der Waals surface area (Å²) in [6.45, 7) is 4.43. The maximum absolute atomic E-state index is 12.7. The third-order valence-electron chi connectivity index (χ3n) is 4.72. The van der Waals surface area contributed by atoms with Gasteiger partial charge in [-0.2, -0.15) is 0 Å². The summed E-state index contributed by atoms with van der Waals surface area (Å²) in [4.78, 5) is 46.3. The number of carbonyl (C=O) groups is 1. The first-order chi connectivity index (χ1) is 14.4. The molecule has 8 heteroatoms. The van der Waals surface area contributed by atoms with E-state index in [0.717, 1.165) is 0 Å². The SMILES string of the molecule is CC(C)Cn1cnc2ccc(NC(=O)Cn3cnc4ccccc4c3=O)cc2c1=O. The van der Waals surface area contributed by atoms with E-state index in [9.17, 15) is 14.4 Å². The molecular weight excluding hydrogens is 382 g/mol. The molecule has 0 atom stereocenters. The van der Waals surface area contributed by atoms with E-state index in [4.69, 9.17) is 0 Å². The second kappa shape index (κ2) is 7.90. The fourth-order valence-electron chi connectivity index (χ4n) is 3.33. The van der Waals surface area contributed by atoms with E-state index in [0.29, 0.717) is 40.0 Å². The fourth-order valence-corrected chi connectivity index (χ4v) is 3.33. The van der Waals surface area contributed by atoms with Crippen molar-refractivity contribution in [1.82, 2.24) is 19.1 Å². The quantitative estimate of drug-likeness (QED) is 0.552. The average molecular weight is 403 g/mol. The Morgan fingerprint density at radius 1 is 0.933 bits per heavy atom. The number of rotatable bonds is 5. The molecule has 0 bridgehead atoms. The molecule has 1 N–H and O–H groups in total. The molecule has 30 heavy (non-hydrogen) atoms. The third kappa shape index (κ3) is 3.84. The molecule has 2 aromatic carbocycles. The van der Waals surface area contributed by atoms with Crippen LogP contribution < -0.4 is 16.4 Å². The molecule has 2 heterocycles. The predicted molar refractivity (Wildman–Crippen MR) is 115 cm³/mol. The van der Waals surface area contributed by atoms with Gasteiger partial charge in [0.15, 0.2) is 0 Å². The van der Waals surface area contributed by atoms with Crippen molar-refractivity contribution in [3.8, 4) is 0 Å². The molecule has 0 saturated carbocycles. The summed E-state index contributed by atoms with van der Waals surface area (Å²) in [6, 6.07) is 12.0. The highest BCUT2D eigenvalue weighted by molar-refractivity contribution is 5.93. The Kier molecular flexibility index (Phi) is 5.14. The van der Waals surface area contributed by atoms with Crippen LogP contribution in [0.5, 0.6) is 0 Å². The molecule has 2 aromatic heterocycles. The summed E-state index contributed by atoms with van der Waals surface area (Å²) in [5.41, 5.74) is 1.18. The third-order valence-corrected chi connectivity index (χ3v) is 4.72. The van der Waals surface area contributed by atoms with Gasteiger partial charge in [0.05, 0.1) is 34.5 Å². The summed E-state index contributed by atoms with van der Waals surface area (Å²) < 4.78 is 2.83. The largest absolute Gasteiger partial charge is 0.325 e. The summed E-state index contributed by atoms with van der Waals surface area (Å²) in [6.07, 6.45) is 2.90. The molecule has 0 fully saturated rings. The number of hydrogen-bond acceptors (Lipinski definition) is 5. The molecule has 152 valence electrons. The van der Waals surface area contributed by atoms with Crippen LogP contribution in [0.4, 0.5) is 5.69 Å². The van der Waals surface area contributed by atoms with Crippen molar-refractivity contribution in [1.29, 1.82) is 0 Å². The van der Waals surface area contributed by atoms with Gasteiger partial charge in [0.2, 0.25) is 5.91 Å². The Bertz CT molecular complexity index is 1370. The van der Waals surface area contributed by atoms with E-state index in [2.05, 4.69) is 15.3 Å². The number of nitrogens with zero attached hydrogens (tertiary/aromatic N) is 4. The van der Waals surface area contributed by atoms with Crippen molar-refractivity contribution in [2.24, 2.45) is 5.92 Å². The second-order valence-corrected chi connectivity index (χ2v) is 7.57. The van der Waals surface area contributed by atoms with Gasteiger partial charge in [-0.1, -0.05) is 26.0 Å². The lowest BCUT2D eigenvalue weighted by molar-refractivity contribution is -0.116. The highest BCUT2D eigenvalue weighted by atomic mass is 16.2. The number of anilines is 1. The van der Waals surface area contributed by atoms with Gasteiger partial charge in [0.1, 0.15) is 6.54 Å². The second-order valence-electron chi connectivity index (χ2n) is 7.57. The van der Waals surface area contributed by atoms with Crippen LogP contribution in [0.3, 0.4) is 0 Å². The van der Waals surface area contributed by atoms with Crippen molar-refractivity contribution < 1.29 is 4.79 Å². The molecule has 0 aliphatic carbocycles. The van der Waals surface area contributed by atoms with Gasteiger partial charge >= 0.3 is 0 Å². The molecule has 1 amide bonds. The van der Waals surface area contributed by atoms with Crippen LogP contribution in [0.2, 0.25) is 0 Å². The molecule has 0 spiro atoms. The molecule has 0 aliphatic rings. The number of benzene rings is 2. The molecular formula is C22H21N5O3. The highest BCUT2D eigenvalue weighted by Crippen LogP contribution is 2.15. The van der Waals surface area contributed by atoms with Crippen LogP contribution in [0, 0.1) is 5.92 Å². The van der Waals surface area contributed by atoms with E-state index in [1.54, 1.807) is 53.4 Å². The van der Waals surface area contributed by atoms with E-state index in [1.807, 2.05) is 13.8 Å². The topological polar surface area (TPSA) is 98.9 Å². The van der Waals surface area contributed by atoms with E-state index < -0.39 is 0 Å². The van der Waals surface area contributed by atoms with Crippen LogP contribution in [0.1, 0.15) is 13.8 Å². The Morgan fingerprint density at radius 3 is 2.37 bits per heavy atom. The maximum atomic E-state index is 12.7. The maximum Gasteiger partial charge on any atom is 0.261 e. The Hall–Kier alpha value is -3.81. The smallest absolute Gasteiger partial charge is 0.261 e. The number of aromatic nitrogens is 4. The highest BCUT2D eigenvalue weighted by Gasteiger charge is 2.11. The summed E-state index contributed by atoms with van der Waals surface area (Å²) in [7, 11) is 0. The van der Waals surface area contributed by atoms with Crippen molar-refractivity contribution >= 4 is 33.4 Å². The molecule has 0 unspecified atom stereocenters. The summed E-state index contributed by atoms with van der Waals surface area (Å²) >= 11 is 0. The standard InChI is InChI=1S/C22H21N5O3/c1-14(2)10-26-12-24-19-8-7-15(9-17(19)22(26)30)25-20(28)11-27-13-23-18-6-4-3-5-16(18)21(27)29/h3-9,12-14H,10-11H2,1-2H3,(H,25,28). The molecule has 8 nitrogen and oxygen atoms in total. The van der Waals surface area contributed by atoms with Crippen LogP contribution in [0.15, 0.2) is 64.7 Å². The number of hydrogen-bond donors (Lipinski definition) is 1. The van der Waals surface area contributed by atoms with Crippen LogP contribution in [0.25, 0.3) is 21.8 Å². The van der Waals surface area contributed by atoms with Crippen LogP contribution in [-0.4, -0.2) is 25.0 Å². The van der Waals surface area contributed by atoms with Gasteiger partial charge in [-0.3, -0.25) is 23.5 Å². The summed E-state index contributed by atoms with van der Waals surface area (Å²) in [5.74, 6) is -0.0846. The average Bonchev–Trinajstić information content (AvgIpc) is 2.72.